The summed E-state index contributed by atoms with van der Waals surface area (Å²) in [4.78, 5) is 10.4. The van der Waals surface area contributed by atoms with Crippen LogP contribution < -0.4 is 0 Å². The van der Waals surface area contributed by atoms with Gasteiger partial charge in [0, 0.05) is 7.05 Å². The van der Waals surface area contributed by atoms with Gasteiger partial charge in [-0.15, -0.1) is 0 Å². The number of carbonyl (C=O) groups is 1. The van der Waals surface area contributed by atoms with Gasteiger partial charge in [-0.05, 0) is 0 Å². The summed E-state index contributed by atoms with van der Waals surface area (Å²) >= 11 is 0. The lowest BCUT2D eigenvalue weighted by Crippen LogP contribution is -2.44. The average Bonchev–Trinajstić information content (AvgIpc) is 1.82. The second-order valence-electron chi connectivity index (χ2n) is 2.51. The van der Waals surface area contributed by atoms with E-state index in [0.717, 1.165) is 4.57 Å². The van der Waals surface area contributed by atoms with Crippen LogP contribution in [0.5, 0.6) is 0 Å². The maximum Gasteiger partial charge on any atom is 0.470 e. The van der Waals surface area contributed by atoms with Crippen LogP contribution in [0.15, 0.2) is 0 Å². The molecule has 1 amide bonds. The van der Waals surface area contributed by atoms with Crippen LogP contribution in [0.2, 0.25) is 13.1 Å². The molecule has 0 unspecified atom stereocenters. The summed E-state index contributed by atoms with van der Waals surface area (Å²) in [6.45, 7) is 3.31. The molecule has 6 heteroatoms. The Morgan fingerprint density at radius 1 is 1.36 bits per heavy atom. The van der Waals surface area contributed by atoms with Crippen LogP contribution in [-0.2, 0) is 4.79 Å². The number of carbonyl (C=O) groups excluding carboxylic acids is 1. The normalized spacial score (nSPS) is 11.9. The first-order valence-electron chi connectivity index (χ1n) is 3.10. The van der Waals surface area contributed by atoms with Gasteiger partial charge in [0.25, 0.3) is 0 Å². The maximum atomic E-state index is 11.7. The minimum absolute atomic E-state index is 0.792. The summed E-state index contributed by atoms with van der Waals surface area (Å²) in [6, 6.07) is 0. The molecule has 0 fully saturated rings. The van der Waals surface area contributed by atoms with Crippen LogP contribution in [-0.4, -0.2) is 32.7 Å². The van der Waals surface area contributed by atoms with Gasteiger partial charge in [0.2, 0.25) is 0 Å². The second-order valence-corrected chi connectivity index (χ2v) is 5.47. The lowest BCUT2D eigenvalue weighted by Gasteiger charge is -2.21. The fourth-order valence-electron chi connectivity index (χ4n) is 0.434. The van der Waals surface area contributed by atoms with Crippen molar-refractivity contribution in [3.05, 3.63) is 0 Å². The van der Waals surface area contributed by atoms with Crippen molar-refractivity contribution < 1.29 is 18.0 Å². The maximum absolute atomic E-state index is 11.7. The fourth-order valence-corrected chi connectivity index (χ4v) is 1.05. The van der Waals surface area contributed by atoms with Gasteiger partial charge >= 0.3 is 12.1 Å². The van der Waals surface area contributed by atoms with Crippen LogP contribution in [0.1, 0.15) is 0 Å². The molecule has 0 aromatic heterocycles. The van der Waals surface area contributed by atoms with Crippen LogP contribution in [0.25, 0.3) is 0 Å². The fraction of sp³-hybridized carbons (Fsp3) is 0.800. The molecule has 66 valence electrons. The summed E-state index contributed by atoms with van der Waals surface area (Å²) in [5.41, 5.74) is 0. The summed E-state index contributed by atoms with van der Waals surface area (Å²) in [6.07, 6.45) is -4.72. The standard InChI is InChI=1S/C5H10F3NOSi/c1-9(11(2)3)4(10)5(6,7)8/h11H,1-3H3. The number of hydrogen-bond acceptors (Lipinski definition) is 1. The van der Waals surface area contributed by atoms with Gasteiger partial charge in [0.1, 0.15) is 8.96 Å². The number of alkyl halides is 3. The van der Waals surface area contributed by atoms with E-state index in [-0.39, 0.29) is 0 Å². The predicted molar refractivity (Wildman–Crippen MR) is 37.7 cm³/mol. The van der Waals surface area contributed by atoms with Gasteiger partial charge in [-0.25, -0.2) is 0 Å². The first-order chi connectivity index (χ1) is 4.76. The Morgan fingerprint density at radius 2 is 1.73 bits per heavy atom. The van der Waals surface area contributed by atoms with E-state index in [1.54, 1.807) is 13.1 Å². The predicted octanol–water partition coefficient (Wildman–Crippen LogP) is 0.990. The van der Waals surface area contributed by atoms with E-state index in [0.29, 0.717) is 0 Å². The molecule has 0 radical (unpaired) electrons. The molecule has 0 aromatic rings. The lowest BCUT2D eigenvalue weighted by atomic mass is 10.6. The molecule has 0 aliphatic heterocycles. The van der Waals surface area contributed by atoms with E-state index < -0.39 is 21.0 Å². The number of amides is 1. The average molecular weight is 185 g/mol. The quantitative estimate of drug-likeness (QED) is 0.558. The highest BCUT2D eigenvalue weighted by molar-refractivity contribution is 6.55. The van der Waals surface area contributed by atoms with Gasteiger partial charge in [-0.2, -0.15) is 13.2 Å². The molecule has 0 aliphatic rings. The smallest absolute Gasteiger partial charge is 0.368 e. The first kappa shape index (κ1) is 10.5. The summed E-state index contributed by atoms with van der Waals surface area (Å²) in [5, 5.41) is 0. The highest BCUT2D eigenvalue weighted by Crippen LogP contribution is 2.17. The summed E-state index contributed by atoms with van der Waals surface area (Å²) in [7, 11) is -0.471. The van der Waals surface area contributed by atoms with Crippen LogP contribution in [0.3, 0.4) is 0 Å². The van der Waals surface area contributed by atoms with Gasteiger partial charge in [-0.3, -0.25) is 4.79 Å². The van der Waals surface area contributed by atoms with E-state index in [4.69, 9.17) is 0 Å². The zero-order valence-corrected chi connectivity index (χ0v) is 7.72. The van der Waals surface area contributed by atoms with Crippen molar-refractivity contribution in [3.8, 4) is 0 Å². The van der Waals surface area contributed by atoms with E-state index in [1.807, 2.05) is 0 Å². The third-order valence-corrected chi connectivity index (χ3v) is 3.12. The Hall–Kier alpha value is -0.523. The van der Waals surface area contributed by atoms with Gasteiger partial charge in [0.05, 0.1) is 0 Å². The molecule has 0 rings (SSSR count). The molecule has 0 atom stereocenters. The summed E-state index contributed by atoms with van der Waals surface area (Å²) in [5.74, 6) is -1.74. The third kappa shape index (κ3) is 2.92. The second kappa shape index (κ2) is 3.25. The molecule has 11 heavy (non-hydrogen) atoms. The van der Waals surface area contributed by atoms with Crippen LogP contribution >= 0.6 is 0 Å². The first-order valence-corrected chi connectivity index (χ1v) is 5.93. The SMILES string of the molecule is CN(C(=O)C(F)(F)F)[SiH](C)C. The minimum atomic E-state index is -4.72. The Morgan fingerprint density at radius 3 is 1.82 bits per heavy atom. The Balaban J connectivity index is 4.26. The zero-order valence-electron chi connectivity index (χ0n) is 6.57. The van der Waals surface area contributed by atoms with Crippen molar-refractivity contribution in [2.75, 3.05) is 7.05 Å². The van der Waals surface area contributed by atoms with Gasteiger partial charge < -0.3 is 4.57 Å². The number of rotatable bonds is 1. The molecule has 0 bridgehead atoms. The number of nitrogens with zero attached hydrogens (tertiary/aromatic N) is 1. The molecule has 0 aromatic carbocycles. The highest BCUT2D eigenvalue weighted by Gasteiger charge is 2.41. The topological polar surface area (TPSA) is 20.3 Å². The van der Waals surface area contributed by atoms with E-state index in [2.05, 4.69) is 0 Å². The molecule has 0 aliphatic carbocycles. The third-order valence-electron chi connectivity index (χ3n) is 1.34. The molecule has 0 saturated heterocycles. The number of hydrogen-bond donors (Lipinski definition) is 0. The van der Waals surface area contributed by atoms with Crippen molar-refractivity contribution >= 4 is 14.9 Å². The molecule has 0 saturated carbocycles. The van der Waals surface area contributed by atoms with E-state index in [9.17, 15) is 18.0 Å². The molecular formula is C5H10F3NOSi. The molecule has 0 heterocycles. The van der Waals surface area contributed by atoms with Crippen molar-refractivity contribution in [2.24, 2.45) is 0 Å². The Labute approximate surface area is 64.7 Å². The van der Waals surface area contributed by atoms with Crippen molar-refractivity contribution in [1.29, 1.82) is 0 Å². The summed E-state index contributed by atoms with van der Waals surface area (Å²) < 4.78 is 35.9. The minimum Gasteiger partial charge on any atom is -0.368 e. The molecule has 0 N–H and O–H groups in total. The van der Waals surface area contributed by atoms with Crippen LogP contribution in [0, 0.1) is 0 Å². The van der Waals surface area contributed by atoms with Crippen molar-refractivity contribution in [3.63, 3.8) is 0 Å². The molecule has 2 nitrogen and oxygen atoms in total. The Kier molecular flexibility index (Phi) is 3.09. The lowest BCUT2D eigenvalue weighted by molar-refractivity contribution is -0.179. The van der Waals surface area contributed by atoms with Crippen LogP contribution in [0.4, 0.5) is 13.2 Å². The monoisotopic (exact) mass is 185 g/mol. The van der Waals surface area contributed by atoms with Crippen molar-refractivity contribution in [2.45, 2.75) is 19.3 Å². The highest BCUT2D eigenvalue weighted by atomic mass is 28.3. The molecule has 0 spiro atoms. The van der Waals surface area contributed by atoms with E-state index >= 15 is 0 Å². The zero-order chi connectivity index (χ0) is 9.23. The largest absolute Gasteiger partial charge is 0.470 e. The van der Waals surface area contributed by atoms with Gasteiger partial charge in [-0.1, -0.05) is 13.1 Å². The van der Waals surface area contributed by atoms with Crippen molar-refractivity contribution in [1.82, 2.24) is 4.57 Å². The van der Waals surface area contributed by atoms with E-state index in [1.165, 1.54) is 7.05 Å². The molecular weight excluding hydrogens is 175 g/mol. The van der Waals surface area contributed by atoms with Gasteiger partial charge in [0.15, 0.2) is 0 Å². The Bertz CT molecular complexity index is 156. The number of halogens is 3.